The number of amides is 1. The first-order valence-electron chi connectivity index (χ1n) is 11.6. The lowest BCUT2D eigenvalue weighted by Gasteiger charge is -2.33. The molecule has 1 aliphatic carbocycles. The molecule has 1 heterocycles. The Morgan fingerprint density at radius 3 is 2.35 bits per heavy atom. The van der Waals surface area contributed by atoms with Crippen molar-refractivity contribution < 1.29 is 31.6 Å². The van der Waals surface area contributed by atoms with Crippen LogP contribution < -0.4 is 13.7 Å². The Bertz CT molecular complexity index is 1090. The molecule has 1 unspecified atom stereocenters. The molecule has 0 spiro atoms. The molecule has 4 rings (SSSR count). The summed E-state index contributed by atoms with van der Waals surface area (Å²) in [4.78, 5) is 14.9. The molecule has 8 nitrogen and oxygen atoms in total. The molecular formula is C25H31NO7S. The summed E-state index contributed by atoms with van der Waals surface area (Å²) in [5, 5.41) is 0. The van der Waals surface area contributed by atoms with Crippen LogP contribution >= 0.6 is 0 Å². The molecule has 1 atom stereocenters. The predicted octanol–water partition coefficient (Wildman–Crippen LogP) is 3.78. The second kappa shape index (κ2) is 10.7. The van der Waals surface area contributed by atoms with Crippen molar-refractivity contribution in [1.29, 1.82) is 0 Å². The minimum atomic E-state index is -4.10. The highest BCUT2D eigenvalue weighted by atomic mass is 32.2. The summed E-state index contributed by atoms with van der Waals surface area (Å²) < 4.78 is 47.4. The molecule has 0 aromatic heterocycles. The quantitative estimate of drug-likeness (QED) is 0.469. The number of carbonyl (C=O) groups excluding carboxylic acids is 1. The van der Waals surface area contributed by atoms with Crippen LogP contribution in [0.3, 0.4) is 0 Å². The van der Waals surface area contributed by atoms with E-state index in [2.05, 4.69) is 0 Å². The van der Waals surface area contributed by atoms with Crippen LogP contribution in [0.2, 0.25) is 0 Å². The number of rotatable bonds is 10. The van der Waals surface area contributed by atoms with Crippen molar-refractivity contribution in [2.24, 2.45) is 5.92 Å². The molecule has 1 aliphatic heterocycles. The fraction of sp³-hybridized carbons (Fsp3) is 0.480. The first kappa shape index (κ1) is 24.3. The van der Waals surface area contributed by atoms with Gasteiger partial charge in [0.05, 0.1) is 20.3 Å². The van der Waals surface area contributed by atoms with Gasteiger partial charge in [0, 0.05) is 25.6 Å². The SMILES string of the molecule is COc1ccc(S(=O)(=O)Oc2cc(CN(CC3CCCO3)C(=O)C3CCC3)ccc2OC)cc1. The smallest absolute Gasteiger partial charge is 0.339 e. The summed E-state index contributed by atoms with van der Waals surface area (Å²) in [5.74, 6) is 1.10. The van der Waals surface area contributed by atoms with Crippen LogP contribution in [0, 0.1) is 5.92 Å². The van der Waals surface area contributed by atoms with E-state index in [1.807, 2.05) is 11.0 Å². The van der Waals surface area contributed by atoms with Crippen LogP contribution in [0.15, 0.2) is 47.4 Å². The third-order valence-corrected chi connectivity index (χ3v) is 7.61. The Kier molecular flexibility index (Phi) is 7.63. The Morgan fingerprint density at radius 1 is 1.00 bits per heavy atom. The fourth-order valence-electron chi connectivity index (χ4n) is 4.19. The minimum Gasteiger partial charge on any atom is -0.497 e. The molecule has 0 bridgehead atoms. The highest BCUT2D eigenvalue weighted by molar-refractivity contribution is 7.87. The van der Waals surface area contributed by atoms with E-state index in [0.717, 1.165) is 44.3 Å². The van der Waals surface area contributed by atoms with Gasteiger partial charge in [-0.1, -0.05) is 12.5 Å². The van der Waals surface area contributed by atoms with Crippen molar-refractivity contribution >= 4 is 16.0 Å². The molecule has 9 heteroatoms. The average Bonchev–Trinajstić information content (AvgIpc) is 3.30. The lowest BCUT2D eigenvalue weighted by molar-refractivity contribution is -0.140. The van der Waals surface area contributed by atoms with E-state index >= 15 is 0 Å². The molecule has 184 valence electrons. The van der Waals surface area contributed by atoms with Gasteiger partial charge < -0.3 is 23.3 Å². The van der Waals surface area contributed by atoms with Gasteiger partial charge in [0.15, 0.2) is 11.5 Å². The van der Waals surface area contributed by atoms with Gasteiger partial charge in [-0.25, -0.2) is 0 Å². The van der Waals surface area contributed by atoms with Crippen molar-refractivity contribution in [2.45, 2.75) is 49.6 Å². The van der Waals surface area contributed by atoms with Gasteiger partial charge in [-0.05, 0) is 67.6 Å². The van der Waals surface area contributed by atoms with Gasteiger partial charge in [0.2, 0.25) is 5.91 Å². The van der Waals surface area contributed by atoms with E-state index in [-0.39, 0.29) is 34.3 Å². The summed E-state index contributed by atoms with van der Waals surface area (Å²) in [6, 6.07) is 11.1. The highest BCUT2D eigenvalue weighted by Gasteiger charge is 2.32. The largest absolute Gasteiger partial charge is 0.497 e. The van der Waals surface area contributed by atoms with Crippen molar-refractivity contribution in [3.05, 3.63) is 48.0 Å². The van der Waals surface area contributed by atoms with Crippen molar-refractivity contribution in [1.82, 2.24) is 4.90 Å². The average molecular weight is 490 g/mol. The van der Waals surface area contributed by atoms with Gasteiger partial charge >= 0.3 is 10.1 Å². The number of carbonyl (C=O) groups is 1. The molecule has 2 aliphatic rings. The summed E-state index contributed by atoms with van der Waals surface area (Å²) in [6.45, 7) is 1.60. The molecule has 0 N–H and O–H groups in total. The first-order chi connectivity index (χ1) is 16.4. The van der Waals surface area contributed by atoms with Gasteiger partial charge in [-0.3, -0.25) is 4.79 Å². The zero-order chi connectivity index (χ0) is 24.1. The van der Waals surface area contributed by atoms with Crippen LogP contribution in [-0.2, 0) is 26.2 Å². The summed E-state index contributed by atoms with van der Waals surface area (Å²) >= 11 is 0. The molecular weight excluding hydrogens is 458 g/mol. The summed E-state index contributed by atoms with van der Waals surface area (Å²) in [6.07, 6.45) is 4.88. The Balaban J connectivity index is 1.55. The van der Waals surface area contributed by atoms with E-state index in [1.54, 1.807) is 24.3 Å². The molecule has 1 saturated carbocycles. The second-order valence-electron chi connectivity index (χ2n) is 8.68. The fourth-order valence-corrected chi connectivity index (χ4v) is 5.13. The van der Waals surface area contributed by atoms with E-state index in [1.165, 1.54) is 26.4 Å². The van der Waals surface area contributed by atoms with Crippen LogP contribution in [0.25, 0.3) is 0 Å². The van der Waals surface area contributed by atoms with Crippen LogP contribution in [0.1, 0.15) is 37.7 Å². The first-order valence-corrected chi connectivity index (χ1v) is 13.0. The molecule has 2 fully saturated rings. The van der Waals surface area contributed by atoms with E-state index < -0.39 is 10.1 Å². The van der Waals surface area contributed by atoms with Crippen molar-refractivity contribution in [2.75, 3.05) is 27.4 Å². The number of benzene rings is 2. The maximum absolute atomic E-state index is 13.1. The number of hydrogen-bond donors (Lipinski definition) is 0. The minimum absolute atomic E-state index is 0.000857. The molecule has 34 heavy (non-hydrogen) atoms. The maximum atomic E-state index is 13.1. The lowest BCUT2D eigenvalue weighted by atomic mass is 9.84. The Morgan fingerprint density at radius 2 is 1.76 bits per heavy atom. The monoisotopic (exact) mass is 489 g/mol. The number of hydrogen-bond acceptors (Lipinski definition) is 7. The van der Waals surface area contributed by atoms with E-state index in [4.69, 9.17) is 18.4 Å². The van der Waals surface area contributed by atoms with Crippen LogP contribution in [-0.4, -0.2) is 52.7 Å². The Labute approximate surface area is 200 Å². The predicted molar refractivity (Wildman–Crippen MR) is 126 cm³/mol. The van der Waals surface area contributed by atoms with Crippen LogP contribution in [0.4, 0.5) is 0 Å². The third-order valence-electron chi connectivity index (χ3n) is 6.36. The van der Waals surface area contributed by atoms with Crippen LogP contribution in [0.5, 0.6) is 17.2 Å². The van der Waals surface area contributed by atoms with Crippen molar-refractivity contribution in [3.63, 3.8) is 0 Å². The normalized spacial score (nSPS) is 18.2. The topological polar surface area (TPSA) is 91.4 Å². The number of methoxy groups -OCH3 is 2. The third kappa shape index (κ3) is 5.64. The maximum Gasteiger partial charge on any atom is 0.339 e. The molecule has 1 saturated heterocycles. The Hall–Kier alpha value is -2.78. The number of nitrogens with zero attached hydrogens (tertiary/aromatic N) is 1. The second-order valence-corrected chi connectivity index (χ2v) is 10.2. The standard InChI is InChI=1S/C25H31NO7S/c1-30-20-9-11-22(12-10-20)34(28,29)33-24-15-18(8-13-23(24)31-2)16-26(17-21-7-4-14-32-21)25(27)19-5-3-6-19/h8-13,15,19,21H,3-7,14,16-17H2,1-2H3. The summed E-state index contributed by atoms with van der Waals surface area (Å²) in [5.41, 5.74) is 0.756. The van der Waals surface area contributed by atoms with Crippen molar-refractivity contribution in [3.8, 4) is 17.2 Å². The summed E-state index contributed by atoms with van der Waals surface area (Å²) in [7, 11) is -1.14. The number of ether oxygens (including phenoxy) is 3. The van der Waals surface area contributed by atoms with Gasteiger partial charge in [-0.15, -0.1) is 0 Å². The molecule has 1 amide bonds. The van der Waals surface area contributed by atoms with Gasteiger partial charge in [0.25, 0.3) is 0 Å². The zero-order valence-corrected chi connectivity index (χ0v) is 20.4. The van der Waals surface area contributed by atoms with E-state index in [0.29, 0.717) is 18.8 Å². The molecule has 2 aromatic rings. The zero-order valence-electron chi connectivity index (χ0n) is 19.6. The molecule has 2 aromatic carbocycles. The van der Waals surface area contributed by atoms with E-state index in [9.17, 15) is 13.2 Å². The lowest BCUT2D eigenvalue weighted by Crippen LogP contribution is -2.42. The van der Waals surface area contributed by atoms with Gasteiger partial charge in [0.1, 0.15) is 10.6 Å². The van der Waals surface area contributed by atoms with Gasteiger partial charge in [-0.2, -0.15) is 8.42 Å². The molecule has 0 radical (unpaired) electrons. The highest BCUT2D eigenvalue weighted by Crippen LogP contribution is 2.33.